The van der Waals surface area contributed by atoms with Gasteiger partial charge in [-0.2, -0.15) is 5.26 Å². The zero-order valence-corrected chi connectivity index (χ0v) is 15.9. The summed E-state index contributed by atoms with van der Waals surface area (Å²) in [6.07, 6.45) is 2.74. The molecule has 4 rings (SSSR count). The number of nitrogens with one attached hydrogen (secondary N) is 2. The number of nitriles is 1. The van der Waals surface area contributed by atoms with Gasteiger partial charge in [-0.3, -0.25) is 9.59 Å². The van der Waals surface area contributed by atoms with Crippen LogP contribution >= 0.6 is 0 Å². The van der Waals surface area contributed by atoms with Gasteiger partial charge in [0.15, 0.2) is 0 Å². The van der Waals surface area contributed by atoms with Crippen molar-refractivity contribution < 1.29 is 14.3 Å². The molecule has 2 N–H and O–H groups in total. The van der Waals surface area contributed by atoms with Crippen LogP contribution in [-0.4, -0.2) is 22.4 Å². The average Bonchev–Trinajstić information content (AvgIpc) is 3.32. The number of fused-ring (bicyclic) bond motifs is 1. The molecule has 0 bridgehead atoms. The molecule has 1 aliphatic heterocycles. The van der Waals surface area contributed by atoms with Crippen molar-refractivity contribution in [3.8, 4) is 17.6 Å². The van der Waals surface area contributed by atoms with Crippen LogP contribution in [0.5, 0.6) is 11.5 Å². The summed E-state index contributed by atoms with van der Waals surface area (Å²) in [6, 6.07) is 14.4. The van der Waals surface area contributed by atoms with E-state index in [1.54, 1.807) is 24.3 Å². The van der Waals surface area contributed by atoms with E-state index in [-0.39, 0.29) is 11.8 Å². The molecule has 0 spiro atoms. The van der Waals surface area contributed by atoms with E-state index in [1.807, 2.05) is 35.9 Å². The highest BCUT2D eigenvalue weighted by atomic mass is 16.5. The van der Waals surface area contributed by atoms with Crippen molar-refractivity contribution in [3.05, 3.63) is 54.2 Å². The molecule has 0 saturated carbocycles. The average molecular weight is 388 g/mol. The largest absolute Gasteiger partial charge is 0.457 e. The number of aromatic nitrogens is 1. The van der Waals surface area contributed by atoms with Crippen molar-refractivity contribution in [2.45, 2.75) is 32.4 Å². The minimum atomic E-state index is -0.477. The molecule has 1 aromatic heterocycles. The van der Waals surface area contributed by atoms with Crippen molar-refractivity contribution in [2.24, 2.45) is 0 Å². The molecule has 7 heteroatoms. The highest BCUT2D eigenvalue weighted by Gasteiger charge is 2.27. The second-order valence-corrected chi connectivity index (χ2v) is 6.89. The number of carbonyl (C=O) groups is 2. The Kier molecular flexibility index (Phi) is 4.92. The van der Waals surface area contributed by atoms with Crippen LogP contribution < -0.4 is 15.4 Å². The van der Waals surface area contributed by atoms with Gasteiger partial charge >= 0.3 is 0 Å². The second-order valence-electron chi connectivity index (χ2n) is 6.89. The van der Waals surface area contributed by atoms with Gasteiger partial charge in [0, 0.05) is 35.8 Å². The predicted octanol–water partition coefficient (Wildman–Crippen LogP) is 3.54. The van der Waals surface area contributed by atoms with Crippen molar-refractivity contribution in [2.75, 3.05) is 5.32 Å². The van der Waals surface area contributed by atoms with Crippen LogP contribution in [0.25, 0.3) is 10.9 Å². The maximum Gasteiger partial charge on any atom is 0.246 e. The van der Waals surface area contributed by atoms with Crippen LogP contribution in [0, 0.1) is 11.3 Å². The highest BCUT2D eigenvalue weighted by Crippen LogP contribution is 2.29. The number of hydrogen-bond acceptors (Lipinski definition) is 4. The minimum Gasteiger partial charge on any atom is -0.457 e. The molecule has 1 unspecified atom stereocenters. The summed E-state index contributed by atoms with van der Waals surface area (Å²) in [7, 11) is 0. The lowest BCUT2D eigenvalue weighted by Crippen LogP contribution is -2.37. The van der Waals surface area contributed by atoms with Gasteiger partial charge in [0.1, 0.15) is 23.6 Å². The number of benzene rings is 2. The molecule has 146 valence electrons. The minimum absolute atomic E-state index is 0.0975. The predicted molar refractivity (Wildman–Crippen MR) is 109 cm³/mol. The first-order chi connectivity index (χ1) is 14.1. The van der Waals surface area contributed by atoms with E-state index < -0.39 is 6.04 Å². The summed E-state index contributed by atoms with van der Waals surface area (Å²) >= 11 is 0. The molecule has 1 aliphatic rings. The summed E-state index contributed by atoms with van der Waals surface area (Å²) in [5.74, 6) is 0.928. The van der Waals surface area contributed by atoms with Gasteiger partial charge in [0.2, 0.25) is 11.8 Å². The number of ether oxygens (including phenoxy) is 1. The Hall–Kier alpha value is -3.79. The molecule has 29 heavy (non-hydrogen) atoms. The summed E-state index contributed by atoms with van der Waals surface area (Å²) in [5, 5.41) is 15.7. The molecule has 0 radical (unpaired) electrons. The van der Waals surface area contributed by atoms with E-state index in [0.717, 1.165) is 17.4 Å². The molecule has 2 heterocycles. The Morgan fingerprint density at radius 3 is 2.69 bits per heavy atom. The number of hydrogen-bond donors (Lipinski definition) is 2. The number of anilines is 1. The molecule has 2 aromatic carbocycles. The number of carbonyl (C=O) groups excluding carboxylic acids is 2. The van der Waals surface area contributed by atoms with E-state index in [9.17, 15) is 14.9 Å². The van der Waals surface area contributed by atoms with E-state index in [2.05, 4.69) is 16.7 Å². The van der Waals surface area contributed by atoms with Crippen LogP contribution in [0.1, 0.15) is 25.3 Å². The van der Waals surface area contributed by atoms with Crippen molar-refractivity contribution in [3.63, 3.8) is 0 Å². The third kappa shape index (κ3) is 3.78. The third-order valence-corrected chi connectivity index (χ3v) is 4.98. The SMILES string of the molecule is CCn1cc(C#N)c2cc(Oc3ccc(NC(=O)C4CCC(=O)N4)cc3)ccc21. The molecule has 1 atom stereocenters. The number of rotatable bonds is 5. The number of amides is 2. The summed E-state index contributed by atoms with van der Waals surface area (Å²) in [4.78, 5) is 23.4. The standard InChI is InChI=1S/C22H20N4O3/c1-2-26-13-14(12-23)18-11-17(7-9-20(18)26)29-16-5-3-15(4-6-16)24-22(28)19-8-10-21(27)25-19/h3-7,9,11,13,19H,2,8,10H2,1H3,(H,24,28)(H,25,27). The molecular weight excluding hydrogens is 368 g/mol. The third-order valence-electron chi connectivity index (χ3n) is 4.98. The fraction of sp³-hybridized carbons (Fsp3) is 0.227. The van der Waals surface area contributed by atoms with Crippen LogP contribution in [0.15, 0.2) is 48.7 Å². The summed E-state index contributed by atoms with van der Waals surface area (Å²) in [6.45, 7) is 2.82. The summed E-state index contributed by atoms with van der Waals surface area (Å²) in [5.41, 5.74) is 2.24. The van der Waals surface area contributed by atoms with Gasteiger partial charge in [0.05, 0.1) is 5.56 Å². The Morgan fingerprint density at radius 1 is 1.28 bits per heavy atom. The van der Waals surface area contributed by atoms with Gasteiger partial charge in [-0.05, 0) is 55.8 Å². The van der Waals surface area contributed by atoms with Crippen LogP contribution in [0.3, 0.4) is 0 Å². The van der Waals surface area contributed by atoms with E-state index >= 15 is 0 Å². The monoisotopic (exact) mass is 388 g/mol. The second kappa shape index (κ2) is 7.68. The van der Waals surface area contributed by atoms with Gasteiger partial charge in [-0.25, -0.2) is 0 Å². The fourth-order valence-corrected chi connectivity index (χ4v) is 3.47. The van der Waals surface area contributed by atoms with E-state index in [1.165, 1.54) is 0 Å². The van der Waals surface area contributed by atoms with Crippen LogP contribution in [-0.2, 0) is 16.1 Å². The van der Waals surface area contributed by atoms with Gasteiger partial charge in [0.25, 0.3) is 0 Å². The van der Waals surface area contributed by atoms with Gasteiger partial charge in [-0.15, -0.1) is 0 Å². The lowest BCUT2D eigenvalue weighted by molar-refractivity contribution is -0.122. The molecule has 1 saturated heterocycles. The summed E-state index contributed by atoms with van der Waals surface area (Å²) < 4.78 is 7.94. The first kappa shape index (κ1) is 18.6. The topological polar surface area (TPSA) is 96.2 Å². The molecule has 3 aromatic rings. The lowest BCUT2D eigenvalue weighted by Gasteiger charge is -2.12. The van der Waals surface area contributed by atoms with E-state index in [4.69, 9.17) is 4.74 Å². The van der Waals surface area contributed by atoms with E-state index in [0.29, 0.717) is 35.6 Å². The first-order valence-corrected chi connectivity index (χ1v) is 9.48. The van der Waals surface area contributed by atoms with Crippen LogP contribution in [0.2, 0.25) is 0 Å². The Morgan fingerprint density at radius 2 is 2.03 bits per heavy atom. The quantitative estimate of drug-likeness (QED) is 0.699. The molecular formula is C22H20N4O3. The lowest BCUT2D eigenvalue weighted by atomic mass is 10.2. The number of nitrogens with zero attached hydrogens (tertiary/aromatic N) is 2. The highest BCUT2D eigenvalue weighted by molar-refractivity contribution is 5.99. The fourth-order valence-electron chi connectivity index (χ4n) is 3.47. The Balaban J connectivity index is 1.47. The normalized spacial score (nSPS) is 15.7. The van der Waals surface area contributed by atoms with Crippen molar-refractivity contribution >= 4 is 28.4 Å². The smallest absolute Gasteiger partial charge is 0.246 e. The molecule has 7 nitrogen and oxygen atoms in total. The maximum absolute atomic E-state index is 12.2. The zero-order valence-electron chi connectivity index (χ0n) is 15.9. The molecule has 1 fully saturated rings. The zero-order chi connectivity index (χ0) is 20.4. The van der Waals surface area contributed by atoms with Crippen LogP contribution in [0.4, 0.5) is 5.69 Å². The van der Waals surface area contributed by atoms with Gasteiger partial charge < -0.3 is 19.9 Å². The van der Waals surface area contributed by atoms with Crippen molar-refractivity contribution in [1.29, 1.82) is 5.26 Å². The first-order valence-electron chi connectivity index (χ1n) is 9.48. The maximum atomic E-state index is 12.2. The Bertz CT molecular complexity index is 1130. The molecule has 2 amide bonds. The Labute approximate surface area is 167 Å². The van der Waals surface area contributed by atoms with Gasteiger partial charge in [-0.1, -0.05) is 0 Å². The molecule has 0 aliphatic carbocycles. The van der Waals surface area contributed by atoms with Crippen molar-refractivity contribution in [1.82, 2.24) is 9.88 Å². The number of aryl methyl sites for hydroxylation is 1.